The monoisotopic (exact) mass is 257 g/mol. The van der Waals surface area contributed by atoms with Gasteiger partial charge in [-0.25, -0.2) is 0 Å². The Balaban J connectivity index is 1.70. The molecular formula is C18H27N. The molecule has 3 atom stereocenters. The second-order valence-electron chi connectivity index (χ2n) is 6.38. The van der Waals surface area contributed by atoms with E-state index >= 15 is 0 Å². The van der Waals surface area contributed by atoms with E-state index in [-0.39, 0.29) is 0 Å². The quantitative estimate of drug-likeness (QED) is 0.849. The summed E-state index contributed by atoms with van der Waals surface area (Å²) in [7, 11) is 0. The summed E-state index contributed by atoms with van der Waals surface area (Å²) in [6.07, 6.45) is 9.77. The van der Waals surface area contributed by atoms with Gasteiger partial charge in [0.25, 0.3) is 0 Å². The maximum atomic E-state index is 3.71. The molecule has 2 aliphatic carbocycles. The summed E-state index contributed by atoms with van der Waals surface area (Å²) in [5, 5.41) is 3.71. The smallest absolute Gasteiger partial charge is 0.00954 e. The molecule has 104 valence electrons. The predicted molar refractivity (Wildman–Crippen MR) is 81.5 cm³/mol. The zero-order valence-corrected chi connectivity index (χ0v) is 12.2. The van der Waals surface area contributed by atoms with Crippen LogP contribution in [0.1, 0.15) is 62.5 Å². The summed E-state index contributed by atoms with van der Waals surface area (Å²) < 4.78 is 0. The first-order valence-electron chi connectivity index (χ1n) is 8.19. The zero-order valence-electron chi connectivity index (χ0n) is 12.2. The lowest BCUT2D eigenvalue weighted by atomic mass is 9.77. The van der Waals surface area contributed by atoms with Crippen LogP contribution in [0.4, 0.5) is 0 Å². The fourth-order valence-corrected chi connectivity index (χ4v) is 4.31. The molecule has 1 heteroatoms. The van der Waals surface area contributed by atoms with Crippen LogP contribution in [0.15, 0.2) is 24.3 Å². The van der Waals surface area contributed by atoms with Crippen molar-refractivity contribution in [3.8, 4) is 0 Å². The maximum absolute atomic E-state index is 3.71. The van der Waals surface area contributed by atoms with Crippen molar-refractivity contribution in [3.05, 3.63) is 35.4 Å². The third-order valence-corrected chi connectivity index (χ3v) is 5.21. The third-order valence-electron chi connectivity index (χ3n) is 5.21. The van der Waals surface area contributed by atoms with Gasteiger partial charge in [0.15, 0.2) is 0 Å². The van der Waals surface area contributed by atoms with E-state index in [4.69, 9.17) is 0 Å². The Morgan fingerprint density at radius 1 is 1.11 bits per heavy atom. The molecule has 2 aliphatic rings. The Morgan fingerprint density at radius 3 is 2.89 bits per heavy atom. The summed E-state index contributed by atoms with van der Waals surface area (Å²) in [4.78, 5) is 0. The van der Waals surface area contributed by atoms with Crippen LogP contribution < -0.4 is 5.32 Å². The highest BCUT2D eigenvalue weighted by Gasteiger charge is 2.30. The van der Waals surface area contributed by atoms with Gasteiger partial charge in [0, 0.05) is 6.04 Å². The molecule has 0 aromatic heterocycles. The fraction of sp³-hybridized carbons (Fsp3) is 0.667. The van der Waals surface area contributed by atoms with Crippen molar-refractivity contribution in [2.45, 2.75) is 63.8 Å². The van der Waals surface area contributed by atoms with Crippen molar-refractivity contribution in [3.63, 3.8) is 0 Å². The van der Waals surface area contributed by atoms with E-state index in [1.165, 1.54) is 44.9 Å². The highest BCUT2D eigenvalue weighted by Crippen LogP contribution is 2.40. The van der Waals surface area contributed by atoms with Gasteiger partial charge < -0.3 is 5.32 Å². The Morgan fingerprint density at radius 2 is 2.00 bits per heavy atom. The topological polar surface area (TPSA) is 12.0 Å². The number of nitrogens with one attached hydrogen (secondary N) is 1. The van der Waals surface area contributed by atoms with Crippen LogP contribution in [0.3, 0.4) is 0 Å². The summed E-state index contributed by atoms with van der Waals surface area (Å²) in [6.45, 7) is 3.37. The van der Waals surface area contributed by atoms with Crippen molar-refractivity contribution in [2.75, 3.05) is 6.54 Å². The van der Waals surface area contributed by atoms with Gasteiger partial charge in [-0.1, -0.05) is 37.6 Å². The molecule has 0 heterocycles. The molecular weight excluding hydrogens is 230 g/mol. The van der Waals surface area contributed by atoms with Gasteiger partial charge >= 0.3 is 0 Å². The van der Waals surface area contributed by atoms with Gasteiger partial charge in [-0.2, -0.15) is 0 Å². The van der Waals surface area contributed by atoms with Crippen molar-refractivity contribution < 1.29 is 0 Å². The van der Waals surface area contributed by atoms with Crippen LogP contribution in [-0.2, 0) is 6.42 Å². The minimum absolute atomic E-state index is 0.791. The van der Waals surface area contributed by atoms with Gasteiger partial charge in [-0.3, -0.25) is 0 Å². The van der Waals surface area contributed by atoms with Crippen LogP contribution >= 0.6 is 0 Å². The van der Waals surface area contributed by atoms with E-state index in [0.29, 0.717) is 0 Å². The molecule has 0 radical (unpaired) electrons. The number of fused-ring (bicyclic) bond motifs is 1. The molecule has 1 saturated carbocycles. The average Bonchev–Trinajstić information content (AvgIpc) is 2.87. The number of hydrogen-bond acceptors (Lipinski definition) is 1. The number of hydrogen-bond donors (Lipinski definition) is 1. The largest absolute Gasteiger partial charge is 0.314 e. The van der Waals surface area contributed by atoms with Gasteiger partial charge in [0.05, 0.1) is 0 Å². The van der Waals surface area contributed by atoms with Crippen LogP contribution in [0, 0.1) is 5.92 Å². The number of benzene rings is 1. The minimum Gasteiger partial charge on any atom is -0.314 e. The van der Waals surface area contributed by atoms with Crippen molar-refractivity contribution in [1.82, 2.24) is 5.32 Å². The third kappa shape index (κ3) is 2.86. The highest BCUT2D eigenvalue weighted by atomic mass is 14.9. The van der Waals surface area contributed by atoms with E-state index in [2.05, 4.69) is 36.5 Å². The van der Waals surface area contributed by atoms with Crippen LogP contribution in [0.2, 0.25) is 0 Å². The number of aryl methyl sites for hydroxylation is 1. The van der Waals surface area contributed by atoms with Crippen molar-refractivity contribution in [1.29, 1.82) is 0 Å². The van der Waals surface area contributed by atoms with Gasteiger partial charge in [0.1, 0.15) is 0 Å². The average molecular weight is 257 g/mol. The molecule has 0 spiro atoms. The Bertz CT molecular complexity index is 412. The standard InChI is InChI=1S/C18H27N/c1-2-19-18-12-6-10-16(18)13-15-9-5-8-14-7-3-4-11-17(14)15/h3-4,7,11,15-16,18-19H,2,5-6,8-10,12-13H2,1H3. The molecule has 1 N–H and O–H groups in total. The second kappa shape index (κ2) is 6.09. The van der Waals surface area contributed by atoms with Crippen molar-refractivity contribution in [2.24, 2.45) is 5.92 Å². The minimum atomic E-state index is 0.791. The molecule has 3 unspecified atom stereocenters. The maximum Gasteiger partial charge on any atom is 0.00954 e. The molecule has 19 heavy (non-hydrogen) atoms. The summed E-state index contributed by atoms with van der Waals surface area (Å²) in [5.74, 6) is 1.74. The van der Waals surface area contributed by atoms with Crippen LogP contribution in [0.5, 0.6) is 0 Å². The highest BCUT2D eigenvalue weighted by molar-refractivity contribution is 5.32. The van der Waals surface area contributed by atoms with E-state index in [1.54, 1.807) is 11.1 Å². The number of rotatable bonds is 4. The lowest BCUT2D eigenvalue weighted by molar-refractivity contribution is 0.343. The normalized spacial score (nSPS) is 30.3. The van der Waals surface area contributed by atoms with Crippen molar-refractivity contribution >= 4 is 0 Å². The molecule has 1 nitrogen and oxygen atoms in total. The first kappa shape index (κ1) is 13.2. The molecule has 1 fully saturated rings. The zero-order chi connectivity index (χ0) is 13.1. The van der Waals surface area contributed by atoms with Gasteiger partial charge in [-0.05, 0) is 68.0 Å². The summed E-state index contributed by atoms with van der Waals surface area (Å²) in [5.41, 5.74) is 3.28. The van der Waals surface area contributed by atoms with E-state index < -0.39 is 0 Å². The second-order valence-corrected chi connectivity index (χ2v) is 6.38. The molecule has 0 aliphatic heterocycles. The summed E-state index contributed by atoms with van der Waals surface area (Å²) >= 11 is 0. The summed E-state index contributed by atoms with van der Waals surface area (Å²) in [6, 6.07) is 9.96. The first-order chi connectivity index (χ1) is 9.38. The van der Waals surface area contributed by atoms with E-state index in [9.17, 15) is 0 Å². The first-order valence-corrected chi connectivity index (χ1v) is 8.19. The lowest BCUT2D eigenvalue weighted by Gasteiger charge is -2.30. The van der Waals surface area contributed by atoms with E-state index in [1.807, 2.05) is 0 Å². The Labute approximate surface area is 117 Å². The molecule has 3 rings (SSSR count). The molecule has 1 aromatic rings. The lowest BCUT2D eigenvalue weighted by Crippen LogP contribution is -2.33. The van der Waals surface area contributed by atoms with Crippen LogP contribution in [0.25, 0.3) is 0 Å². The molecule has 0 amide bonds. The van der Waals surface area contributed by atoms with Gasteiger partial charge in [-0.15, -0.1) is 0 Å². The molecule has 0 bridgehead atoms. The Kier molecular flexibility index (Phi) is 4.22. The molecule has 0 saturated heterocycles. The molecule has 1 aromatic carbocycles. The van der Waals surface area contributed by atoms with Crippen LogP contribution in [-0.4, -0.2) is 12.6 Å². The predicted octanol–water partition coefficient (Wildman–Crippen LogP) is 4.27. The van der Waals surface area contributed by atoms with Gasteiger partial charge in [0.2, 0.25) is 0 Å². The Hall–Kier alpha value is -0.820. The van der Waals surface area contributed by atoms with E-state index in [0.717, 1.165) is 24.4 Å². The fourth-order valence-electron chi connectivity index (χ4n) is 4.31. The SMILES string of the molecule is CCNC1CCCC1CC1CCCc2ccccc21.